The van der Waals surface area contributed by atoms with Gasteiger partial charge in [0.25, 0.3) is 0 Å². The zero-order valence-corrected chi connectivity index (χ0v) is 15.6. The summed E-state index contributed by atoms with van der Waals surface area (Å²) in [4.78, 5) is 27.0. The first-order valence-corrected chi connectivity index (χ1v) is 9.06. The van der Waals surface area contributed by atoms with Crippen LogP contribution in [-0.2, 0) is 14.8 Å². The van der Waals surface area contributed by atoms with E-state index < -0.39 is 34.1 Å². The quantitative estimate of drug-likeness (QED) is 0.609. The summed E-state index contributed by atoms with van der Waals surface area (Å²) in [7, 11) is -1.47. The third-order valence-electron chi connectivity index (χ3n) is 3.99. The minimum atomic E-state index is -3.95. The lowest BCUT2D eigenvalue weighted by atomic mass is 10.1. The number of ether oxygens (including phenoxy) is 1. The van der Waals surface area contributed by atoms with Crippen LogP contribution in [0.1, 0.15) is 32.1 Å². The predicted molar refractivity (Wildman–Crippen MR) is 92.2 cm³/mol. The van der Waals surface area contributed by atoms with Crippen molar-refractivity contribution >= 4 is 21.8 Å². The van der Waals surface area contributed by atoms with Crippen LogP contribution in [0.2, 0.25) is 0 Å². The van der Waals surface area contributed by atoms with E-state index in [-0.39, 0.29) is 16.2 Å². The molecule has 1 heterocycles. The van der Waals surface area contributed by atoms with Crippen molar-refractivity contribution in [1.82, 2.24) is 9.29 Å². The molecule has 0 radical (unpaired) electrons. The molecule has 26 heavy (non-hydrogen) atoms. The minimum Gasteiger partial charge on any atom is -0.464 e. The highest BCUT2D eigenvalue weighted by molar-refractivity contribution is 7.89. The number of carbonyl (C=O) groups excluding carboxylic acids is 2. The number of aromatic amines is 1. The monoisotopic (exact) mass is 382 g/mol. The van der Waals surface area contributed by atoms with E-state index in [0.29, 0.717) is 11.3 Å². The highest BCUT2D eigenvalue weighted by atomic mass is 32.2. The lowest BCUT2D eigenvalue weighted by Gasteiger charge is -2.16. The minimum absolute atomic E-state index is 0.119. The second-order valence-corrected chi connectivity index (χ2v) is 7.80. The number of aromatic nitrogens is 1. The fraction of sp³-hybridized carbons (Fsp3) is 0.294. The van der Waals surface area contributed by atoms with Gasteiger partial charge in [0.05, 0.1) is 18.6 Å². The first-order valence-electron chi connectivity index (χ1n) is 7.62. The number of carbonyl (C=O) groups is 2. The molecule has 0 spiro atoms. The standard InChI is InChI=1S/C17H19FN2O5S/c1-10-15(11(2)19-16(10)17(22)25-4)14(21)9-20(3)26(23,24)13-7-5-12(18)6-8-13/h5-8,19H,9H2,1-4H3. The van der Waals surface area contributed by atoms with Crippen molar-refractivity contribution in [2.45, 2.75) is 18.7 Å². The van der Waals surface area contributed by atoms with Gasteiger partial charge in [0.15, 0.2) is 5.78 Å². The van der Waals surface area contributed by atoms with Gasteiger partial charge in [-0.05, 0) is 43.7 Å². The van der Waals surface area contributed by atoms with Crippen molar-refractivity contribution < 1.29 is 27.1 Å². The molecular weight excluding hydrogens is 363 g/mol. The molecule has 9 heteroatoms. The Bertz CT molecular complexity index is 948. The second kappa shape index (κ2) is 7.38. The summed E-state index contributed by atoms with van der Waals surface area (Å²) in [6.07, 6.45) is 0. The maximum absolute atomic E-state index is 13.0. The van der Waals surface area contributed by atoms with Gasteiger partial charge in [0, 0.05) is 18.3 Å². The molecule has 0 amide bonds. The molecule has 1 aromatic heterocycles. The molecule has 0 saturated heterocycles. The van der Waals surface area contributed by atoms with E-state index in [0.717, 1.165) is 28.6 Å². The van der Waals surface area contributed by atoms with Crippen LogP contribution < -0.4 is 0 Å². The summed E-state index contributed by atoms with van der Waals surface area (Å²) in [5.74, 6) is -1.65. The molecular formula is C17H19FN2O5S. The molecule has 0 aliphatic heterocycles. The number of hydrogen-bond donors (Lipinski definition) is 1. The topological polar surface area (TPSA) is 96.5 Å². The molecule has 2 aromatic rings. The number of benzene rings is 1. The third-order valence-corrected chi connectivity index (χ3v) is 5.81. The van der Waals surface area contributed by atoms with E-state index in [1.807, 2.05) is 0 Å². The molecule has 1 N–H and O–H groups in total. The number of nitrogens with zero attached hydrogens (tertiary/aromatic N) is 1. The maximum Gasteiger partial charge on any atom is 0.354 e. The fourth-order valence-corrected chi connectivity index (χ4v) is 3.75. The van der Waals surface area contributed by atoms with Crippen LogP contribution in [0.3, 0.4) is 0 Å². The Morgan fingerprint density at radius 1 is 1.19 bits per heavy atom. The van der Waals surface area contributed by atoms with Crippen LogP contribution in [0, 0.1) is 19.7 Å². The largest absolute Gasteiger partial charge is 0.464 e. The van der Waals surface area contributed by atoms with Gasteiger partial charge in [-0.2, -0.15) is 4.31 Å². The first kappa shape index (κ1) is 19.8. The van der Waals surface area contributed by atoms with E-state index in [1.54, 1.807) is 13.8 Å². The van der Waals surface area contributed by atoms with E-state index in [9.17, 15) is 22.4 Å². The van der Waals surface area contributed by atoms with E-state index in [1.165, 1.54) is 14.2 Å². The van der Waals surface area contributed by atoms with Crippen molar-refractivity contribution in [2.75, 3.05) is 20.7 Å². The van der Waals surface area contributed by atoms with Gasteiger partial charge < -0.3 is 9.72 Å². The maximum atomic E-state index is 13.0. The Kier molecular flexibility index (Phi) is 5.62. The van der Waals surface area contributed by atoms with Crippen molar-refractivity contribution in [2.24, 2.45) is 0 Å². The Morgan fingerprint density at radius 2 is 1.77 bits per heavy atom. The summed E-state index contributed by atoms with van der Waals surface area (Å²) in [6.45, 7) is 2.76. The summed E-state index contributed by atoms with van der Waals surface area (Å²) in [6, 6.07) is 4.33. The van der Waals surface area contributed by atoms with Crippen LogP contribution in [0.25, 0.3) is 0 Å². The zero-order valence-electron chi connectivity index (χ0n) is 14.8. The van der Waals surface area contributed by atoms with Gasteiger partial charge in [-0.15, -0.1) is 0 Å². The number of methoxy groups -OCH3 is 1. The predicted octanol–water partition coefficient (Wildman–Crippen LogP) is 2.06. The molecule has 0 unspecified atom stereocenters. The number of halogens is 1. The van der Waals surface area contributed by atoms with Gasteiger partial charge in [-0.25, -0.2) is 17.6 Å². The third kappa shape index (κ3) is 3.68. The molecule has 7 nitrogen and oxygen atoms in total. The van der Waals surface area contributed by atoms with E-state index in [2.05, 4.69) is 9.72 Å². The normalized spacial score (nSPS) is 11.6. The van der Waals surface area contributed by atoms with Crippen LogP contribution >= 0.6 is 0 Å². The summed E-state index contributed by atoms with van der Waals surface area (Å²) in [5.41, 5.74) is 1.23. The SMILES string of the molecule is COC(=O)c1[nH]c(C)c(C(=O)CN(C)S(=O)(=O)c2ccc(F)cc2)c1C. The van der Waals surface area contributed by atoms with Gasteiger partial charge >= 0.3 is 5.97 Å². The molecule has 140 valence electrons. The highest BCUT2D eigenvalue weighted by Gasteiger charge is 2.27. The number of esters is 1. The van der Waals surface area contributed by atoms with Crippen LogP contribution in [0.15, 0.2) is 29.2 Å². The van der Waals surface area contributed by atoms with Gasteiger partial charge in [-0.1, -0.05) is 0 Å². The fourth-order valence-electron chi connectivity index (χ4n) is 2.63. The number of aryl methyl sites for hydroxylation is 1. The van der Waals surface area contributed by atoms with E-state index >= 15 is 0 Å². The Balaban J connectivity index is 2.28. The average molecular weight is 382 g/mol. The number of hydrogen-bond acceptors (Lipinski definition) is 5. The van der Waals surface area contributed by atoms with Crippen molar-refractivity contribution in [3.8, 4) is 0 Å². The Hall–Kier alpha value is -2.52. The molecule has 1 aromatic carbocycles. The second-order valence-electron chi connectivity index (χ2n) is 5.75. The van der Waals surface area contributed by atoms with E-state index in [4.69, 9.17) is 0 Å². The number of sulfonamides is 1. The molecule has 0 bridgehead atoms. The van der Waals surface area contributed by atoms with Crippen molar-refractivity contribution in [3.05, 3.63) is 52.6 Å². The van der Waals surface area contributed by atoms with Gasteiger partial charge in [0.2, 0.25) is 10.0 Å². The van der Waals surface area contributed by atoms with Crippen LogP contribution in [0.5, 0.6) is 0 Å². The van der Waals surface area contributed by atoms with Gasteiger partial charge in [-0.3, -0.25) is 4.79 Å². The summed E-state index contributed by atoms with van der Waals surface area (Å²) >= 11 is 0. The molecule has 0 fully saturated rings. The molecule has 0 aliphatic carbocycles. The Labute approximate surface area is 150 Å². The van der Waals surface area contributed by atoms with Crippen LogP contribution in [-0.4, -0.2) is 50.2 Å². The van der Waals surface area contributed by atoms with Crippen molar-refractivity contribution in [1.29, 1.82) is 0 Å². The lowest BCUT2D eigenvalue weighted by Crippen LogP contribution is -2.32. The van der Waals surface area contributed by atoms with Gasteiger partial charge in [0.1, 0.15) is 11.5 Å². The van der Waals surface area contributed by atoms with Crippen molar-refractivity contribution in [3.63, 3.8) is 0 Å². The summed E-state index contributed by atoms with van der Waals surface area (Å²) in [5, 5.41) is 0. The zero-order chi connectivity index (χ0) is 19.6. The molecule has 0 saturated carbocycles. The number of Topliss-reactive ketones (excluding diaryl/α,β-unsaturated/α-hetero) is 1. The smallest absolute Gasteiger partial charge is 0.354 e. The number of H-pyrrole nitrogens is 1. The molecule has 2 rings (SSSR count). The Morgan fingerprint density at radius 3 is 2.31 bits per heavy atom. The number of nitrogens with one attached hydrogen (secondary N) is 1. The highest BCUT2D eigenvalue weighted by Crippen LogP contribution is 2.21. The number of likely N-dealkylation sites (N-methyl/N-ethyl adjacent to an activating group) is 1. The van der Waals surface area contributed by atoms with Crippen LogP contribution in [0.4, 0.5) is 4.39 Å². The molecule has 0 atom stereocenters. The summed E-state index contributed by atoms with van der Waals surface area (Å²) < 4.78 is 43.5. The lowest BCUT2D eigenvalue weighted by molar-refractivity contribution is 0.0594. The number of ketones is 1. The number of rotatable bonds is 6. The first-order chi connectivity index (χ1) is 12.1. The molecule has 0 aliphatic rings. The average Bonchev–Trinajstić information content (AvgIpc) is 2.89.